The van der Waals surface area contributed by atoms with Gasteiger partial charge in [-0.1, -0.05) is 50.3 Å². The van der Waals surface area contributed by atoms with Crippen LogP contribution in [-0.2, 0) is 10.2 Å². The van der Waals surface area contributed by atoms with Crippen LogP contribution in [0.15, 0.2) is 61.2 Å². The summed E-state index contributed by atoms with van der Waals surface area (Å²) in [6, 6.07) is 14.8. The van der Waals surface area contributed by atoms with Gasteiger partial charge in [0.1, 0.15) is 12.2 Å². The summed E-state index contributed by atoms with van der Waals surface area (Å²) in [5.74, 6) is -0.253. The smallest absolute Gasteiger partial charge is 0.258 e. The first-order chi connectivity index (χ1) is 13.4. The lowest BCUT2D eigenvalue weighted by molar-refractivity contribution is -0.119. The molecule has 3 aliphatic heterocycles. The fourth-order valence-electron chi connectivity index (χ4n) is 5.28. The van der Waals surface area contributed by atoms with Gasteiger partial charge >= 0.3 is 0 Å². The Hall–Kier alpha value is -3.08. The summed E-state index contributed by atoms with van der Waals surface area (Å²) < 4.78 is 0. The van der Waals surface area contributed by atoms with E-state index in [4.69, 9.17) is 0 Å². The quantitative estimate of drug-likeness (QED) is 0.788. The van der Waals surface area contributed by atoms with Crippen LogP contribution >= 0.6 is 0 Å². The van der Waals surface area contributed by atoms with Crippen LogP contribution in [0.25, 0.3) is 0 Å². The maximum absolute atomic E-state index is 13.6. The molecule has 3 atom stereocenters. The van der Waals surface area contributed by atoms with Crippen LogP contribution in [0, 0.1) is 5.41 Å². The number of anilines is 2. The van der Waals surface area contributed by atoms with Crippen molar-refractivity contribution in [2.24, 2.45) is 5.41 Å². The highest BCUT2D eigenvalue weighted by molar-refractivity contribution is 6.10. The topological polar surface area (TPSA) is 61.4 Å². The van der Waals surface area contributed by atoms with Gasteiger partial charge in [0.2, 0.25) is 5.91 Å². The minimum Gasteiger partial charge on any atom is -0.364 e. The second-order valence-corrected chi connectivity index (χ2v) is 8.46. The van der Waals surface area contributed by atoms with Crippen LogP contribution in [0.5, 0.6) is 0 Å². The average Bonchev–Trinajstić information content (AvgIpc) is 3.17. The van der Waals surface area contributed by atoms with Crippen molar-refractivity contribution in [3.63, 3.8) is 0 Å². The van der Waals surface area contributed by atoms with Crippen molar-refractivity contribution in [3.05, 3.63) is 72.3 Å². The number of para-hydroxylation sites is 2. The number of carbonyl (C=O) groups is 2. The minimum atomic E-state index is -0.537. The highest BCUT2D eigenvalue weighted by atomic mass is 16.2. The van der Waals surface area contributed by atoms with Crippen LogP contribution in [0.2, 0.25) is 0 Å². The Morgan fingerprint density at radius 1 is 1.11 bits per heavy atom. The fraction of sp³-hybridized carbons (Fsp3) is 0.304. The second kappa shape index (κ2) is 5.47. The number of amides is 2. The standard InChI is InChI=1S/C23H23N3O2/c1-4-22(2,3)23-13-18-19(27)24-16-11-7-5-9-14(16)20(28)26(18)21(23)25-17-12-8-6-10-15(17)23/h4-12,18,21,25H,1,13H2,2-3H3,(H,24,27)/t18-,21?,23-/m0/s1. The van der Waals surface area contributed by atoms with Gasteiger partial charge in [-0.05, 0) is 35.6 Å². The van der Waals surface area contributed by atoms with Gasteiger partial charge in [0.15, 0.2) is 0 Å². The van der Waals surface area contributed by atoms with E-state index >= 15 is 0 Å². The third-order valence-corrected chi connectivity index (χ3v) is 6.91. The summed E-state index contributed by atoms with van der Waals surface area (Å²) in [6.07, 6.45) is 2.19. The van der Waals surface area contributed by atoms with Crippen LogP contribution in [-0.4, -0.2) is 28.9 Å². The van der Waals surface area contributed by atoms with Crippen molar-refractivity contribution in [1.82, 2.24) is 4.90 Å². The first-order valence-corrected chi connectivity index (χ1v) is 9.63. The van der Waals surface area contributed by atoms with E-state index in [1.807, 2.05) is 36.4 Å². The molecule has 0 aliphatic carbocycles. The van der Waals surface area contributed by atoms with Gasteiger partial charge in [-0.15, -0.1) is 6.58 Å². The van der Waals surface area contributed by atoms with Gasteiger partial charge in [-0.25, -0.2) is 0 Å². The summed E-state index contributed by atoms with van der Waals surface area (Å²) >= 11 is 0. The van der Waals surface area contributed by atoms with Crippen molar-refractivity contribution < 1.29 is 9.59 Å². The van der Waals surface area contributed by atoms with E-state index in [0.29, 0.717) is 17.7 Å². The van der Waals surface area contributed by atoms with Gasteiger partial charge < -0.3 is 15.5 Å². The SMILES string of the molecule is C=CC(C)(C)[C@]12C[C@H]3C(=O)Nc4ccccc4C(=O)N3C1Nc1ccccc12. The number of rotatable bonds is 2. The number of fused-ring (bicyclic) bond motifs is 6. The van der Waals surface area contributed by atoms with Crippen LogP contribution in [0.3, 0.4) is 0 Å². The molecule has 0 radical (unpaired) electrons. The first-order valence-electron chi connectivity index (χ1n) is 9.63. The summed E-state index contributed by atoms with van der Waals surface area (Å²) in [4.78, 5) is 28.5. The van der Waals surface area contributed by atoms with E-state index in [0.717, 1.165) is 11.3 Å². The molecule has 1 fully saturated rings. The zero-order chi connectivity index (χ0) is 19.7. The molecule has 3 aliphatic rings. The normalized spacial score (nSPS) is 27.7. The highest BCUT2D eigenvalue weighted by Gasteiger charge is 2.66. The van der Waals surface area contributed by atoms with Gasteiger partial charge in [0.05, 0.1) is 11.3 Å². The van der Waals surface area contributed by atoms with E-state index in [-0.39, 0.29) is 23.4 Å². The average molecular weight is 373 g/mol. The molecule has 0 aromatic heterocycles. The minimum absolute atomic E-state index is 0.119. The van der Waals surface area contributed by atoms with E-state index in [1.54, 1.807) is 17.0 Å². The predicted molar refractivity (Wildman–Crippen MR) is 109 cm³/mol. The third-order valence-electron chi connectivity index (χ3n) is 6.91. The number of carbonyl (C=O) groups excluding carboxylic acids is 2. The molecule has 28 heavy (non-hydrogen) atoms. The number of benzene rings is 2. The molecular formula is C23H23N3O2. The van der Waals surface area contributed by atoms with E-state index in [9.17, 15) is 9.59 Å². The molecule has 1 unspecified atom stereocenters. The van der Waals surface area contributed by atoms with Gasteiger partial charge in [-0.3, -0.25) is 9.59 Å². The second-order valence-electron chi connectivity index (χ2n) is 8.46. The molecule has 2 amide bonds. The van der Waals surface area contributed by atoms with E-state index in [1.165, 1.54) is 0 Å². The third kappa shape index (κ3) is 1.91. The van der Waals surface area contributed by atoms with Crippen LogP contribution < -0.4 is 10.6 Å². The molecule has 142 valence electrons. The number of allylic oxidation sites excluding steroid dienone is 1. The van der Waals surface area contributed by atoms with Gasteiger partial charge in [0, 0.05) is 11.1 Å². The fourth-order valence-corrected chi connectivity index (χ4v) is 5.28. The number of nitrogens with zero attached hydrogens (tertiary/aromatic N) is 1. The molecule has 5 heteroatoms. The van der Waals surface area contributed by atoms with Crippen molar-refractivity contribution in [3.8, 4) is 0 Å². The molecule has 3 heterocycles. The Morgan fingerprint density at radius 3 is 2.54 bits per heavy atom. The van der Waals surface area contributed by atoms with E-state index < -0.39 is 11.5 Å². The lowest BCUT2D eigenvalue weighted by Crippen LogP contribution is -2.53. The predicted octanol–water partition coefficient (Wildman–Crippen LogP) is 3.76. The molecule has 0 spiro atoms. The monoisotopic (exact) mass is 373 g/mol. The summed E-state index contributed by atoms with van der Waals surface area (Å²) in [5, 5.41) is 6.53. The zero-order valence-corrected chi connectivity index (χ0v) is 16.0. The molecule has 2 aromatic carbocycles. The molecule has 0 saturated carbocycles. The Balaban J connectivity index is 1.74. The van der Waals surface area contributed by atoms with Crippen molar-refractivity contribution in [2.45, 2.75) is 37.9 Å². The lowest BCUT2D eigenvalue weighted by atomic mass is 9.60. The number of nitrogens with one attached hydrogen (secondary N) is 2. The van der Waals surface area contributed by atoms with Crippen molar-refractivity contribution in [2.75, 3.05) is 10.6 Å². The molecule has 2 N–H and O–H groups in total. The number of hydrogen-bond acceptors (Lipinski definition) is 3. The zero-order valence-electron chi connectivity index (χ0n) is 16.0. The van der Waals surface area contributed by atoms with Crippen LogP contribution in [0.4, 0.5) is 11.4 Å². The first kappa shape index (κ1) is 17.0. The van der Waals surface area contributed by atoms with E-state index in [2.05, 4.69) is 37.1 Å². The summed E-state index contributed by atoms with van der Waals surface area (Å²) in [7, 11) is 0. The molecule has 5 nitrogen and oxygen atoms in total. The van der Waals surface area contributed by atoms with Crippen LogP contribution in [0.1, 0.15) is 36.2 Å². The van der Waals surface area contributed by atoms with Gasteiger partial charge in [0.25, 0.3) is 5.91 Å². The highest BCUT2D eigenvalue weighted by Crippen LogP contribution is 2.60. The Labute approximate surface area is 164 Å². The number of hydrogen-bond donors (Lipinski definition) is 2. The summed E-state index contributed by atoms with van der Waals surface area (Å²) in [5.41, 5.74) is 2.51. The molecule has 5 rings (SSSR count). The van der Waals surface area contributed by atoms with Crippen molar-refractivity contribution in [1.29, 1.82) is 0 Å². The molecule has 1 saturated heterocycles. The molecule has 0 bridgehead atoms. The molecule has 2 aromatic rings. The maximum Gasteiger partial charge on any atom is 0.258 e. The lowest BCUT2D eigenvalue weighted by Gasteiger charge is -2.43. The van der Waals surface area contributed by atoms with Gasteiger partial charge in [-0.2, -0.15) is 0 Å². The molecular weight excluding hydrogens is 350 g/mol. The Bertz CT molecular complexity index is 1030. The Morgan fingerprint density at radius 2 is 1.79 bits per heavy atom. The summed E-state index contributed by atoms with van der Waals surface area (Å²) in [6.45, 7) is 8.36. The largest absolute Gasteiger partial charge is 0.364 e. The van der Waals surface area contributed by atoms with Crippen molar-refractivity contribution >= 4 is 23.2 Å². The Kier molecular flexibility index (Phi) is 3.33. The maximum atomic E-state index is 13.6.